The molecule has 106 valence electrons. The summed E-state index contributed by atoms with van der Waals surface area (Å²) < 4.78 is 5.15. The summed E-state index contributed by atoms with van der Waals surface area (Å²) in [6, 6.07) is 0.0321. The normalized spacial score (nSPS) is 25.8. The molecule has 0 aromatic heterocycles. The van der Waals surface area contributed by atoms with Crippen molar-refractivity contribution in [2.75, 3.05) is 20.3 Å². The van der Waals surface area contributed by atoms with E-state index in [1.54, 1.807) is 7.11 Å². The van der Waals surface area contributed by atoms with E-state index in [1.165, 1.54) is 0 Å². The van der Waals surface area contributed by atoms with Crippen LogP contribution in [0.5, 0.6) is 0 Å². The van der Waals surface area contributed by atoms with Gasteiger partial charge in [-0.25, -0.2) is 0 Å². The Balaban J connectivity index is 2.56. The predicted molar refractivity (Wildman–Crippen MR) is 73.3 cm³/mol. The molecular formula is C14H28N2O2. The molecule has 3 unspecified atom stereocenters. The molecule has 0 bridgehead atoms. The van der Waals surface area contributed by atoms with E-state index in [9.17, 15) is 4.79 Å². The standard InChI is InChI=1S/C14H28N2O2/c1-5-7-8-12-14(17)16(13(6-2)15-12)9-11(3)10-18-4/h11-13,15H,5-10H2,1-4H3. The SMILES string of the molecule is CCCCC1NC(CC)N(CC(C)COC)C1=O. The molecule has 18 heavy (non-hydrogen) atoms. The van der Waals surface area contributed by atoms with Crippen LogP contribution in [0.25, 0.3) is 0 Å². The van der Waals surface area contributed by atoms with Crippen LogP contribution >= 0.6 is 0 Å². The molecule has 4 heteroatoms. The quantitative estimate of drug-likeness (QED) is 0.722. The van der Waals surface area contributed by atoms with Gasteiger partial charge in [0.25, 0.3) is 0 Å². The van der Waals surface area contributed by atoms with Crippen molar-refractivity contribution in [1.82, 2.24) is 10.2 Å². The summed E-state index contributed by atoms with van der Waals surface area (Å²) in [7, 11) is 1.71. The number of rotatable bonds is 8. The molecule has 1 N–H and O–H groups in total. The lowest BCUT2D eigenvalue weighted by molar-refractivity contribution is -0.131. The van der Waals surface area contributed by atoms with Crippen LogP contribution in [0.2, 0.25) is 0 Å². The zero-order chi connectivity index (χ0) is 13.5. The van der Waals surface area contributed by atoms with Crippen molar-refractivity contribution >= 4 is 5.91 Å². The van der Waals surface area contributed by atoms with Crippen molar-refractivity contribution in [3.05, 3.63) is 0 Å². The second kappa shape index (κ2) is 7.74. The van der Waals surface area contributed by atoms with Gasteiger partial charge in [-0.2, -0.15) is 0 Å². The molecule has 1 aliphatic heterocycles. The van der Waals surface area contributed by atoms with Crippen LogP contribution in [0.1, 0.15) is 46.5 Å². The predicted octanol–water partition coefficient (Wildman–Crippen LogP) is 2.00. The smallest absolute Gasteiger partial charge is 0.241 e. The third-order valence-corrected chi connectivity index (χ3v) is 3.54. The Labute approximate surface area is 111 Å². The van der Waals surface area contributed by atoms with Crippen LogP contribution in [0.15, 0.2) is 0 Å². The van der Waals surface area contributed by atoms with Gasteiger partial charge in [0.15, 0.2) is 0 Å². The lowest BCUT2D eigenvalue weighted by Gasteiger charge is -2.26. The summed E-state index contributed by atoms with van der Waals surface area (Å²) in [4.78, 5) is 14.3. The molecule has 0 spiro atoms. The number of unbranched alkanes of at least 4 members (excludes halogenated alkanes) is 1. The molecule has 0 aromatic carbocycles. The summed E-state index contributed by atoms with van der Waals surface area (Å²) in [6.45, 7) is 7.92. The van der Waals surface area contributed by atoms with Gasteiger partial charge < -0.3 is 9.64 Å². The second-order valence-corrected chi connectivity index (χ2v) is 5.34. The van der Waals surface area contributed by atoms with Crippen molar-refractivity contribution in [1.29, 1.82) is 0 Å². The molecule has 1 amide bonds. The molecular weight excluding hydrogens is 228 g/mol. The number of hydrogen-bond donors (Lipinski definition) is 1. The van der Waals surface area contributed by atoms with E-state index in [-0.39, 0.29) is 18.1 Å². The number of carbonyl (C=O) groups excluding carboxylic acids is 1. The first-order valence-electron chi connectivity index (χ1n) is 7.19. The molecule has 4 nitrogen and oxygen atoms in total. The summed E-state index contributed by atoms with van der Waals surface area (Å²) in [6.07, 6.45) is 4.39. The maximum absolute atomic E-state index is 12.3. The van der Waals surface area contributed by atoms with Gasteiger partial charge in [-0.1, -0.05) is 33.6 Å². The molecule has 1 saturated heterocycles. The highest BCUT2D eigenvalue weighted by Crippen LogP contribution is 2.19. The van der Waals surface area contributed by atoms with Crippen molar-refractivity contribution in [2.24, 2.45) is 5.92 Å². The van der Waals surface area contributed by atoms with E-state index in [4.69, 9.17) is 4.74 Å². The molecule has 0 aromatic rings. The fourth-order valence-corrected chi connectivity index (χ4v) is 2.59. The number of ether oxygens (including phenoxy) is 1. The highest BCUT2D eigenvalue weighted by Gasteiger charge is 2.37. The van der Waals surface area contributed by atoms with Crippen LogP contribution in [-0.4, -0.2) is 43.3 Å². The maximum atomic E-state index is 12.3. The largest absolute Gasteiger partial charge is 0.384 e. The molecule has 1 heterocycles. The third kappa shape index (κ3) is 3.95. The van der Waals surface area contributed by atoms with Crippen LogP contribution in [0.4, 0.5) is 0 Å². The third-order valence-electron chi connectivity index (χ3n) is 3.54. The molecule has 0 aliphatic carbocycles. The summed E-state index contributed by atoms with van der Waals surface area (Å²) >= 11 is 0. The molecule has 0 radical (unpaired) electrons. The number of nitrogens with one attached hydrogen (secondary N) is 1. The van der Waals surface area contributed by atoms with Gasteiger partial charge >= 0.3 is 0 Å². The maximum Gasteiger partial charge on any atom is 0.241 e. The average molecular weight is 256 g/mol. The monoisotopic (exact) mass is 256 g/mol. The van der Waals surface area contributed by atoms with Crippen molar-refractivity contribution in [2.45, 2.75) is 58.7 Å². The Hall–Kier alpha value is -0.610. The first-order chi connectivity index (χ1) is 8.63. The van der Waals surface area contributed by atoms with Gasteiger partial charge in [0.05, 0.1) is 18.8 Å². The molecule has 1 rings (SSSR count). The summed E-state index contributed by atoms with van der Waals surface area (Å²) in [5.74, 6) is 0.665. The number of methoxy groups -OCH3 is 1. The Kier molecular flexibility index (Phi) is 6.65. The van der Waals surface area contributed by atoms with E-state index >= 15 is 0 Å². The second-order valence-electron chi connectivity index (χ2n) is 5.34. The lowest BCUT2D eigenvalue weighted by Crippen LogP contribution is -2.40. The van der Waals surface area contributed by atoms with Gasteiger partial charge in [-0.3, -0.25) is 10.1 Å². The van der Waals surface area contributed by atoms with Crippen LogP contribution in [-0.2, 0) is 9.53 Å². The van der Waals surface area contributed by atoms with E-state index in [0.717, 1.165) is 32.2 Å². The number of amides is 1. The highest BCUT2D eigenvalue weighted by atomic mass is 16.5. The Morgan fingerprint density at radius 1 is 1.44 bits per heavy atom. The van der Waals surface area contributed by atoms with E-state index in [0.29, 0.717) is 12.5 Å². The van der Waals surface area contributed by atoms with E-state index in [2.05, 4.69) is 26.1 Å². The topological polar surface area (TPSA) is 41.6 Å². The Morgan fingerprint density at radius 2 is 2.17 bits per heavy atom. The lowest BCUT2D eigenvalue weighted by atomic mass is 10.1. The van der Waals surface area contributed by atoms with Crippen LogP contribution in [0.3, 0.4) is 0 Å². The zero-order valence-corrected chi connectivity index (χ0v) is 12.2. The fourth-order valence-electron chi connectivity index (χ4n) is 2.59. The van der Waals surface area contributed by atoms with Crippen LogP contribution < -0.4 is 5.32 Å². The minimum absolute atomic E-state index is 0.0321. The first kappa shape index (κ1) is 15.4. The van der Waals surface area contributed by atoms with Gasteiger partial charge in [0, 0.05) is 13.7 Å². The molecule has 3 atom stereocenters. The number of hydrogen-bond acceptors (Lipinski definition) is 3. The zero-order valence-electron chi connectivity index (χ0n) is 12.2. The van der Waals surface area contributed by atoms with Crippen molar-refractivity contribution in [3.8, 4) is 0 Å². The summed E-state index contributed by atoms with van der Waals surface area (Å²) in [5.41, 5.74) is 0. The van der Waals surface area contributed by atoms with Crippen molar-refractivity contribution < 1.29 is 9.53 Å². The molecule has 1 fully saturated rings. The Morgan fingerprint density at radius 3 is 2.72 bits per heavy atom. The van der Waals surface area contributed by atoms with Gasteiger partial charge in [0.2, 0.25) is 5.91 Å². The van der Waals surface area contributed by atoms with Crippen molar-refractivity contribution in [3.63, 3.8) is 0 Å². The average Bonchev–Trinajstić information content (AvgIpc) is 2.64. The number of carbonyl (C=O) groups is 1. The first-order valence-corrected chi connectivity index (χ1v) is 7.19. The minimum atomic E-state index is 0.0321. The van der Waals surface area contributed by atoms with Gasteiger partial charge in [0.1, 0.15) is 0 Å². The highest BCUT2D eigenvalue weighted by molar-refractivity contribution is 5.84. The Bertz CT molecular complexity index is 258. The van der Waals surface area contributed by atoms with Gasteiger partial charge in [-0.15, -0.1) is 0 Å². The molecule has 0 saturated carbocycles. The fraction of sp³-hybridized carbons (Fsp3) is 0.929. The van der Waals surface area contributed by atoms with Gasteiger partial charge in [-0.05, 0) is 18.8 Å². The van der Waals surface area contributed by atoms with E-state index in [1.807, 2.05) is 4.90 Å². The summed E-state index contributed by atoms with van der Waals surface area (Å²) in [5, 5.41) is 3.46. The minimum Gasteiger partial charge on any atom is -0.384 e. The number of nitrogens with zero attached hydrogens (tertiary/aromatic N) is 1. The van der Waals surface area contributed by atoms with Crippen LogP contribution in [0, 0.1) is 5.92 Å². The molecule has 1 aliphatic rings. The van der Waals surface area contributed by atoms with E-state index < -0.39 is 0 Å².